The van der Waals surface area contributed by atoms with Gasteiger partial charge in [0.2, 0.25) is 0 Å². The van der Waals surface area contributed by atoms with E-state index in [1.165, 1.54) is 0 Å². The maximum atomic E-state index is 12.2. The summed E-state index contributed by atoms with van der Waals surface area (Å²) in [4.78, 5) is 0. The highest BCUT2D eigenvalue weighted by Gasteiger charge is 2.05. The van der Waals surface area contributed by atoms with Gasteiger partial charge in [-0.15, -0.1) is 0 Å². The first-order chi connectivity index (χ1) is 11.2. The Morgan fingerprint density at radius 1 is 0.696 bits per heavy atom. The van der Waals surface area contributed by atoms with E-state index in [4.69, 9.17) is 0 Å². The molecule has 2 nitrogen and oxygen atoms in total. The molecule has 0 amide bonds. The van der Waals surface area contributed by atoms with Crippen LogP contribution in [0.1, 0.15) is 0 Å². The van der Waals surface area contributed by atoms with E-state index in [2.05, 4.69) is 10.1 Å². The molecule has 0 aliphatic heterocycles. The fourth-order valence-electron chi connectivity index (χ4n) is 2.29. The molecule has 1 N–H and O–H groups in total. The van der Waals surface area contributed by atoms with E-state index in [9.17, 15) is 8.78 Å². The van der Waals surface area contributed by atoms with Crippen LogP contribution in [-0.4, -0.2) is 6.61 Å². The molecule has 0 atom stereocenters. The standard InChI is InChI=1S/C19H15F2NO/c20-19(21)23-18-11-9-14(10-12-18)15-5-4-8-17(13-15)22-16-6-2-1-3-7-16/h1-13,19,22H. The normalized spacial score (nSPS) is 10.6. The molecule has 3 rings (SSSR count). The molecule has 0 fully saturated rings. The third-order valence-corrected chi connectivity index (χ3v) is 3.34. The zero-order chi connectivity index (χ0) is 16.1. The number of hydrogen-bond donors (Lipinski definition) is 1. The first kappa shape index (κ1) is 15.0. The molecule has 0 saturated carbocycles. The molecule has 0 unspecified atom stereocenters. The lowest BCUT2D eigenvalue weighted by molar-refractivity contribution is -0.0498. The molecule has 0 aliphatic rings. The van der Waals surface area contributed by atoms with E-state index in [-0.39, 0.29) is 5.75 Å². The molecular weight excluding hydrogens is 296 g/mol. The average molecular weight is 311 g/mol. The molecule has 0 heterocycles. The van der Waals surface area contributed by atoms with Crippen molar-refractivity contribution in [1.29, 1.82) is 0 Å². The number of halogens is 2. The predicted octanol–water partition coefficient (Wildman–Crippen LogP) is 5.70. The molecule has 4 heteroatoms. The molecule has 0 aromatic heterocycles. The van der Waals surface area contributed by atoms with Gasteiger partial charge in [0.1, 0.15) is 5.75 Å². The average Bonchev–Trinajstić information content (AvgIpc) is 2.56. The van der Waals surface area contributed by atoms with Crippen molar-refractivity contribution in [2.75, 3.05) is 5.32 Å². The molecule has 0 bridgehead atoms. The van der Waals surface area contributed by atoms with E-state index >= 15 is 0 Å². The number of nitrogens with one attached hydrogen (secondary N) is 1. The number of para-hydroxylation sites is 1. The largest absolute Gasteiger partial charge is 0.435 e. The summed E-state index contributed by atoms with van der Waals surface area (Å²) in [7, 11) is 0. The summed E-state index contributed by atoms with van der Waals surface area (Å²) in [5, 5.41) is 3.33. The number of anilines is 2. The lowest BCUT2D eigenvalue weighted by atomic mass is 10.0. The molecule has 0 saturated heterocycles. The summed E-state index contributed by atoms with van der Waals surface area (Å²) in [5.41, 5.74) is 3.89. The minimum absolute atomic E-state index is 0.155. The highest BCUT2D eigenvalue weighted by atomic mass is 19.3. The van der Waals surface area contributed by atoms with Gasteiger partial charge >= 0.3 is 6.61 Å². The van der Waals surface area contributed by atoms with Crippen LogP contribution in [0.15, 0.2) is 78.9 Å². The van der Waals surface area contributed by atoms with Crippen LogP contribution in [0.25, 0.3) is 11.1 Å². The fraction of sp³-hybridized carbons (Fsp3) is 0.0526. The lowest BCUT2D eigenvalue weighted by Gasteiger charge is -2.09. The van der Waals surface area contributed by atoms with Crippen LogP contribution in [0, 0.1) is 0 Å². The summed E-state index contributed by atoms with van der Waals surface area (Å²) < 4.78 is 28.7. The number of ether oxygens (including phenoxy) is 1. The van der Waals surface area contributed by atoms with Crippen LogP contribution in [0.5, 0.6) is 5.75 Å². The van der Waals surface area contributed by atoms with Gasteiger partial charge in [-0.1, -0.05) is 42.5 Å². The van der Waals surface area contributed by atoms with Crippen LogP contribution in [-0.2, 0) is 0 Å². The summed E-state index contributed by atoms with van der Waals surface area (Å²) in [6, 6.07) is 24.4. The van der Waals surface area contributed by atoms with Crippen LogP contribution in [0.4, 0.5) is 20.2 Å². The maximum Gasteiger partial charge on any atom is 0.387 e. The van der Waals surface area contributed by atoms with Gasteiger partial charge < -0.3 is 10.1 Å². The van der Waals surface area contributed by atoms with E-state index in [1.54, 1.807) is 24.3 Å². The van der Waals surface area contributed by atoms with Gasteiger partial charge in [0.05, 0.1) is 0 Å². The fourth-order valence-corrected chi connectivity index (χ4v) is 2.29. The van der Waals surface area contributed by atoms with Gasteiger partial charge in [0, 0.05) is 11.4 Å². The van der Waals surface area contributed by atoms with E-state index < -0.39 is 6.61 Å². The van der Waals surface area contributed by atoms with Crippen molar-refractivity contribution in [2.45, 2.75) is 6.61 Å². The predicted molar refractivity (Wildman–Crippen MR) is 88.2 cm³/mol. The SMILES string of the molecule is FC(F)Oc1ccc(-c2cccc(Nc3ccccc3)c2)cc1. The lowest BCUT2D eigenvalue weighted by Crippen LogP contribution is -2.01. The monoisotopic (exact) mass is 311 g/mol. The van der Waals surface area contributed by atoms with Gasteiger partial charge in [-0.2, -0.15) is 8.78 Å². The van der Waals surface area contributed by atoms with E-state index in [0.29, 0.717) is 0 Å². The molecular formula is C19H15F2NO. The van der Waals surface area contributed by atoms with Crippen LogP contribution in [0.2, 0.25) is 0 Å². The number of benzene rings is 3. The Morgan fingerprint density at radius 3 is 2.09 bits per heavy atom. The number of rotatable bonds is 5. The number of alkyl halides is 2. The van der Waals surface area contributed by atoms with E-state index in [0.717, 1.165) is 22.5 Å². The highest BCUT2D eigenvalue weighted by Crippen LogP contribution is 2.26. The highest BCUT2D eigenvalue weighted by molar-refractivity contribution is 5.71. The van der Waals surface area contributed by atoms with Crippen molar-refractivity contribution in [3.8, 4) is 16.9 Å². The van der Waals surface area contributed by atoms with Gasteiger partial charge in [0.15, 0.2) is 0 Å². The van der Waals surface area contributed by atoms with Crippen molar-refractivity contribution in [3.63, 3.8) is 0 Å². The van der Waals surface area contributed by atoms with Crippen molar-refractivity contribution in [3.05, 3.63) is 78.9 Å². The minimum Gasteiger partial charge on any atom is -0.435 e. The Morgan fingerprint density at radius 2 is 1.39 bits per heavy atom. The summed E-state index contributed by atoms with van der Waals surface area (Å²) in [6.07, 6.45) is 0. The second kappa shape index (κ2) is 6.92. The second-order valence-corrected chi connectivity index (χ2v) is 4.97. The molecule has 0 aliphatic carbocycles. The van der Waals surface area contributed by atoms with Crippen molar-refractivity contribution in [1.82, 2.24) is 0 Å². The quantitative estimate of drug-likeness (QED) is 0.652. The minimum atomic E-state index is -2.81. The van der Waals surface area contributed by atoms with Crippen molar-refractivity contribution in [2.24, 2.45) is 0 Å². The molecule has 3 aromatic carbocycles. The van der Waals surface area contributed by atoms with Crippen molar-refractivity contribution < 1.29 is 13.5 Å². The molecule has 0 radical (unpaired) electrons. The smallest absolute Gasteiger partial charge is 0.387 e. The molecule has 0 spiro atoms. The van der Waals surface area contributed by atoms with Crippen LogP contribution in [0.3, 0.4) is 0 Å². The Kier molecular flexibility index (Phi) is 4.52. The van der Waals surface area contributed by atoms with Gasteiger partial charge in [0.25, 0.3) is 0 Å². The Labute approximate surface area is 133 Å². The topological polar surface area (TPSA) is 21.3 Å². The first-order valence-corrected chi connectivity index (χ1v) is 7.18. The zero-order valence-electron chi connectivity index (χ0n) is 12.2. The van der Waals surface area contributed by atoms with Gasteiger partial charge in [-0.05, 0) is 47.5 Å². The molecule has 23 heavy (non-hydrogen) atoms. The zero-order valence-corrected chi connectivity index (χ0v) is 12.2. The van der Waals surface area contributed by atoms with Crippen molar-refractivity contribution >= 4 is 11.4 Å². The third-order valence-electron chi connectivity index (χ3n) is 3.34. The van der Waals surface area contributed by atoms with E-state index in [1.807, 2.05) is 54.6 Å². The Bertz CT molecular complexity index is 758. The van der Waals surface area contributed by atoms with Crippen LogP contribution >= 0.6 is 0 Å². The third kappa shape index (κ3) is 4.07. The molecule has 116 valence electrons. The summed E-state index contributed by atoms with van der Waals surface area (Å²) in [6.45, 7) is -2.81. The Hall–Kier alpha value is -2.88. The van der Waals surface area contributed by atoms with Crippen LogP contribution < -0.4 is 10.1 Å². The second-order valence-electron chi connectivity index (χ2n) is 4.97. The van der Waals surface area contributed by atoms with Gasteiger partial charge in [-0.3, -0.25) is 0 Å². The maximum absolute atomic E-state index is 12.2. The Balaban J connectivity index is 1.79. The number of hydrogen-bond acceptors (Lipinski definition) is 2. The summed E-state index contributed by atoms with van der Waals surface area (Å²) in [5.74, 6) is 0.155. The first-order valence-electron chi connectivity index (χ1n) is 7.18. The summed E-state index contributed by atoms with van der Waals surface area (Å²) >= 11 is 0. The molecule has 3 aromatic rings. The van der Waals surface area contributed by atoms with Gasteiger partial charge in [-0.25, -0.2) is 0 Å².